The fourth-order valence-corrected chi connectivity index (χ4v) is 3.70. The van der Waals surface area contributed by atoms with Crippen molar-refractivity contribution in [3.05, 3.63) is 47.1 Å². The lowest BCUT2D eigenvalue weighted by molar-refractivity contribution is 0.391. The van der Waals surface area contributed by atoms with E-state index in [9.17, 15) is 10.2 Å². The lowest BCUT2D eigenvalue weighted by Gasteiger charge is -2.32. The molecule has 0 saturated carbocycles. The number of rotatable bonds is 6. The number of hydrogen-bond donors (Lipinski definition) is 2. The number of aromatic hydroxyl groups is 2. The quantitative estimate of drug-likeness (QED) is 0.511. The first-order valence-electron chi connectivity index (χ1n) is 8.79. The molecule has 2 atom stereocenters. The second kappa shape index (κ2) is 7.72. The summed E-state index contributed by atoms with van der Waals surface area (Å²) in [6.45, 7) is 10.5. The Balaban J connectivity index is 2.31. The summed E-state index contributed by atoms with van der Waals surface area (Å²) in [4.78, 5) is 0. The van der Waals surface area contributed by atoms with Crippen LogP contribution in [0.1, 0.15) is 69.9 Å². The van der Waals surface area contributed by atoms with Crippen molar-refractivity contribution in [1.82, 2.24) is 0 Å². The van der Waals surface area contributed by atoms with E-state index >= 15 is 0 Å². The lowest BCUT2D eigenvalue weighted by Crippen LogP contribution is -2.18. The van der Waals surface area contributed by atoms with Crippen LogP contribution in [0, 0.1) is 5.92 Å². The first-order valence-corrected chi connectivity index (χ1v) is 8.79. The molecule has 0 heterocycles. The van der Waals surface area contributed by atoms with Crippen molar-refractivity contribution in [3.8, 4) is 11.5 Å². The molecule has 2 rings (SSSR count). The number of hydrogen-bond acceptors (Lipinski definition) is 2. The highest BCUT2D eigenvalue weighted by Crippen LogP contribution is 2.47. The molecule has 0 aromatic heterocycles. The smallest absolute Gasteiger partial charge is 0.123 e. The molecule has 2 nitrogen and oxygen atoms in total. The molecule has 0 unspecified atom stereocenters. The summed E-state index contributed by atoms with van der Waals surface area (Å²) >= 11 is 0. The van der Waals surface area contributed by atoms with Crippen LogP contribution in [0.15, 0.2) is 35.9 Å². The van der Waals surface area contributed by atoms with Crippen LogP contribution in [-0.4, -0.2) is 10.2 Å². The molecule has 1 aliphatic rings. The summed E-state index contributed by atoms with van der Waals surface area (Å²) in [6.07, 6.45) is 8.40. The van der Waals surface area contributed by atoms with Gasteiger partial charge >= 0.3 is 0 Å². The van der Waals surface area contributed by atoms with Crippen LogP contribution in [0.2, 0.25) is 0 Å². The third-order valence-electron chi connectivity index (χ3n) is 5.02. The summed E-state index contributed by atoms with van der Waals surface area (Å²) in [5.41, 5.74) is 4.15. The van der Waals surface area contributed by atoms with Gasteiger partial charge in [-0.15, -0.1) is 0 Å². The minimum atomic E-state index is 0.113. The van der Waals surface area contributed by atoms with Gasteiger partial charge in [0.1, 0.15) is 11.5 Å². The van der Waals surface area contributed by atoms with Crippen molar-refractivity contribution >= 4 is 0 Å². The molecule has 0 aliphatic heterocycles. The molecule has 0 bridgehead atoms. The van der Waals surface area contributed by atoms with E-state index in [1.807, 2.05) is 19.1 Å². The van der Waals surface area contributed by atoms with E-state index in [-0.39, 0.29) is 23.3 Å². The molecule has 0 radical (unpaired) electrons. The van der Waals surface area contributed by atoms with E-state index in [0.29, 0.717) is 5.56 Å². The predicted octanol–water partition coefficient (Wildman–Crippen LogP) is 5.85. The summed E-state index contributed by atoms with van der Waals surface area (Å²) in [7, 11) is 0. The number of phenolic OH excluding ortho intramolecular Hbond substituents is 2. The normalized spacial score (nSPS) is 21.1. The van der Waals surface area contributed by atoms with Crippen molar-refractivity contribution in [2.75, 3.05) is 0 Å². The van der Waals surface area contributed by atoms with Crippen molar-refractivity contribution in [2.45, 2.75) is 65.2 Å². The second-order valence-electron chi connectivity index (χ2n) is 7.05. The lowest BCUT2D eigenvalue weighted by atomic mass is 9.72. The van der Waals surface area contributed by atoms with Crippen LogP contribution >= 0.6 is 0 Å². The van der Waals surface area contributed by atoms with Crippen LogP contribution in [0.5, 0.6) is 11.5 Å². The molecule has 1 aromatic carbocycles. The maximum Gasteiger partial charge on any atom is 0.123 e. The minimum absolute atomic E-state index is 0.113. The number of benzene rings is 1. The van der Waals surface area contributed by atoms with Gasteiger partial charge < -0.3 is 10.2 Å². The van der Waals surface area contributed by atoms with Crippen LogP contribution < -0.4 is 0 Å². The summed E-state index contributed by atoms with van der Waals surface area (Å²) in [5.74, 6) is 0.869. The third kappa shape index (κ3) is 4.19. The Morgan fingerprint density at radius 1 is 1.22 bits per heavy atom. The van der Waals surface area contributed by atoms with Crippen LogP contribution in [-0.2, 0) is 6.42 Å². The monoisotopic (exact) mass is 314 g/mol. The fraction of sp³-hybridized carbons (Fsp3) is 0.524. The van der Waals surface area contributed by atoms with Gasteiger partial charge in [0, 0.05) is 11.5 Å². The van der Waals surface area contributed by atoms with E-state index in [2.05, 4.69) is 26.5 Å². The Labute approximate surface area is 140 Å². The molecule has 2 N–H and O–H groups in total. The van der Waals surface area contributed by atoms with Gasteiger partial charge in [0.05, 0.1) is 0 Å². The minimum Gasteiger partial charge on any atom is -0.508 e. The SMILES string of the molecule is C=C(C)[C@H]1CC=C(C)C[C@H]1c1c(O)cc(CCCCC)cc1O. The predicted molar refractivity (Wildman–Crippen MR) is 97.0 cm³/mol. The molecule has 0 saturated heterocycles. The third-order valence-corrected chi connectivity index (χ3v) is 5.02. The van der Waals surface area contributed by atoms with Gasteiger partial charge in [0.25, 0.3) is 0 Å². The van der Waals surface area contributed by atoms with Gasteiger partial charge in [-0.3, -0.25) is 0 Å². The highest BCUT2D eigenvalue weighted by molar-refractivity contribution is 5.50. The maximum absolute atomic E-state index is 10.6. The summed E-state index contributed by atoms with van der Waals surface area (Å²) < 4.78 is 0. The zero-order valence-corrected chi connectivity index (χ0v) is 14.7. The molecular formula is C21H30O2. The second-order valence-corrected chi connectivity index (χ2v) is 7.05. The fourth-order valence-electron chi connectivity index (χ4n) is 3.70. The van der Waals surface area contributed by atoms with Gasteiger partial charge in [0.2, 0.25) is 0 Å². The summed E-state index contributed by atoms with van der Waals surface area (Å²) in [5, 5.41) is 21.1. The van der Waals surface area contributed by atoms with Crippen LogP contribution in [0.3, 0.4) is 0 Å². The Kier molecular flexibility index (Phi) is 5.92. The number of aryl methyl sites for hydroxylation is 1. The average Bonchev–Trinajstić information content (AvgIpc) is 2.46. The molecule has 0 amide bonds. The number of phenols is 2. The average molecular weight is 314 g/mol. The first-order chi connectivity index (χ1) is 10.9. The van der Waals surface area contributed by atoms with Gasteiger partial charge in [-0.2, -0.15) is 0 Å². The maximum atomic E-state index is 10.6. The van der Waals surface area contributed by atoms with Crippen molar-refractivity contribution in [3.63, 3.8) is 0 Å². The van der Waals surface area contributed by atoms with E-state index in [0.717, 1.165) is 36.8 Å². The molecule has 23 heavy (non-hydrogen) atoms. The molecule has 0 fully saturated rings. The Morgan fingerprint density at radius 2 is 1.87 bits per heavy atom. The Bertz CT molecular complexity index is 575. The topological polar surface area (TPSA) is 40.5 Å². The molecule has 1 aliphatic carbocycles. The van der Waals surface area contributed by atoms with E-state index in [1.165, 1.54) is 18.4 Å². The summed E-state index contributed by atoms with van der Waals surface area (Å²) in [6, 6.07) is 3.68. The van der Waals surface area contributed by atoms with Crippen molar-refractivity contribution < 1.29 is 10.2 Å². The highest BCUT2D eigenvalue weighted by atomic mass is 16.3. The van der Waals surface area contributed by atoms with E-state index in [1.54, 1.807) is 0 Å². The molecule has 2 heteroatoms. The number of allylic oxidation sites excluding steroid dienone is 3. The van der Waals surface area contributed by atoms with Gasteiger partial charge in [-0.1, -0.05) is 43.6 Å². The van der Waals surface area contributed by atoms with Crippen LogP contribution in [0.25, 0.3) is 0 Å². The highest BCUT2D eigenvalue weighted by Gasteiger charge is 2.31. The number of unbranched alkanes of at least 4 members (excludes halogenated alkanes) is 2. The van der Waals surface area contributed by atoms with E-state index < -0.39 is 0 Å². The standard InChI is InChI=1S/C21H30O2/c1-5-6-7-8-16-12-19(22)21(20(23)13-16)18-11-15(4)9-10-17(18)14(2)3/h9,12-13,17-18,22-23H,2,5-8,10-11H2,1,3-4H3/t17-,18-/m1/s1. The van der Waals surface area contributed by atoms with Crippen molar-refractivity contribution in [1.29, 1.82) is 0 Å². The molecule has 1 aromatic rings. The first kappa shape index (κ1) is 17.7. The van der Waals surface area contributed by atoms with Gasteiger partial charge in [-0.05, 0) is 63.1 Å². The van der Waals surface area contributed by atoms with E-state index in [4.69, 9.17) is 0 Å². The van der Waals surface area contributed by atoms with Gasteiger partial charge in [-0.25, -0.2) is 0 Å². The van der Waals surface area contributed by atoms with Crippen LogP contribution in [0.4, 0.5) is 0 Å². The molecule has 0 spiro atoms. The van der Waals surface area contributed by atoms with Crippen molar-refractivity contribution in [2.24, 2.45) is 5.92 Å². The zero-order chi connectivity index (χ0) is 17.0. The zero-order valence-electron chi connectivity index (χ0n) is 14.7. The largest absolute Gasteiger partial charge is 0.508 e. The Morgan fingerprint density at radius 3 is 2.43 bits per heavy atom. The Hall–Kier alpha value is -1.70. The van der Waals surface area contributed by atoms with Gasteiger partial charge in [0.15, 0.2) is 0 Å². The molecular weight excluding hydrogens is 284 g/mol. The molecule has 126 valence electrons.